The summed E-state index contributed by atoms with van der Waals surface area (Å²) in [5.41, 5.74) is 0. The summed E-state index contributed by atoms with van der Waals surface area (Å²) in [7, 11) is 1.52. The number of benzene rings is 1. The molecule has 2 heterocycles. The average molecular weight is 356 g/mol. The van der Waals surface area contributed by atoms with E-state index in [4.69, 9.17) is 26.1 Å². The van der Waals surface area contributed by atoms with Crippen LogP contribution in [0.25, 0.3) is 0 Å². The fraction of sp³-hybridized carbons (Fsp3) is 0.118. The van der Waals surface area contributed by atoms with Crippen molar-refractivity contribution < 1.29 is 13.9 Å². The monoisotopic (exact) mass is 356 g/mol. The highest BCUT2D eigenvalue weighted by atomic mass is 32.1. The molecule has 0 saturated heterocycles. The largest absolute Gasteiger partial charge is 0.481 e. The SMILES string of the molecule is COc1cc(Oc2ccccc2)nc(NC(=S)NCc2ccco2)n1. The molecule has 2 N–H and O–H groups in total. The predicted octanol–water partition coefficient (Wildman–Crippen LogP) is 3.36. The van der Waals surface area contributed by atoms with Crippen LogP contribution in [0.4, 0.5) is 5.95 Å². The molecule has 8 heteroatoms. The van der Waals surface area contributed by atoms with Crippen molar-refractivity contribution in [1.29, 1.82) is 0 Å². The van der Waals surface area contributed by atoms with E-state index in [1.165, 1.54) is 7.11 Å². The van der Waals surface area contributed by atoms with Gasteiger partial charge < -0.3 is 24.5 Å². The molecule has 0 spiro atoms. The lowest BCUT2D eigenvalue weighted by Gasteiger charge is -2.11. The summed E-state index contributed by atoms with van der Waals surface area (Å²) in [6.07, 6.45) is 1.60. The van der Waals surface area contributed by atoms with E-state index < -0.39 is 0 Å². The molecule has 0 bridgehead atoms. The molecule has 0 atom stereocenters. The normalized spacial score (nSPS) is 10.1. The fourth-order valence-electron chi connectivity index (χ4n) is 1.95. The van der Waals surface area contributed by atoms with Crippen molar-refractivity contribution in [2.24, 2.45) is 0 Å². The summed E-state index contributed by atoms with van der Waals surface area (Å²) in [4.78, 5) is 8.49. The lowest BCUT2D eigenvalue weighted by atomic mass is 10.3. The highest BCUT2D eigenvalue weighted by Gasteiger charge is 2.09. The maximum Gasteiger partial charge on any atom is 0.235 e. The third-order valence-electron chi connectivity index (χ3n) is 3.08. The smallest absolute Gasteiger partial charge is 0.235 e. The van der Waals surface area contributed by atoms with Crippen LogP contribution in [0.1, 0.15) is 5.76 Å². The molecule has 0 aliphatic rings. The van der Waals surface area contributed by atoms with Gasteiger partial charge in [-0.3, -0.25) is 0 Å². The van der Waals surface area contributed by atoms with Gasteiger partial charge in [0.25, 0.3) is 0 Å². The van der Waals surface area contributed by atoms with Crippen LogP contribution in [0.3, 0.4) is 0 Å². The number of ether oxygens (including phenoxy) is 2. The molecule has 1 aromatic carbocycles. The van der Waals surface area contributed by atoms with Crippen LogP contribution in [-0.4, -0.2) is 22.2 Å². The van der Waals surface area contributed by atoms with Crippen molar-refractivity contribution in [2.45, 2.75) is 6.54 Å². The first-order chi connectivity index (χ1) is 12.2. The number of rotatable bonds is 6. The standard InChI is InChI=1S/C17H16N4O3S/c1-22-14-10-15(24-12-6-3-2-4-7-12)20-16(19-14)21-17(25)18-11-13-8-5-9-23-13/h2-10H,11H2,1H3,(H2,18,19,20,21,25). The lowest BCUT2D eigenvalue weighted by molar-refractivity contribution is 0.389. The Bertz CT molecular complexity index is 825. The lowest BCUT2D eigenvalue weighted by Crippen LogP contribution is -2.28. The average Bonchev–Trinajstić information content (AvgIpc) is 3.14. The second kappa shape index (κ2) is 8.11. The van der Waals surface area contributed by atoms with E-state index in [0.717, 1.165) is 5.76 Å². The number of anilines is 1. The Kier molecular flexibility index (Phi) is 5.43. The molecule has 2 aromatic heterocycles. The maximum atomic E-state index is 5.71. The highest BCUT2D eigenvalue weighted by molar-refractivity contribution is 7.80. The van der Waals surface area contributed by atoms with Crippen LogP contribution in [0.2, 0.25) is 0 Å². The van der Waals surface area contributed by atoms with Crippen LogP contribution in [-0.2, 0) is 6.54 Å². The summed E-state index contributed by atoms with van der Waals surface area (Å²) in [5, 5.41) is 6.26. The number of para-hydroxylation sites is 1. The van der Waals surface area contributed by atoms with Gasteiger partial charge in [-0.05, 0) is 36.5 Å². The molecule has 7 nitrogen and oxygen atoms in total. The number of hydrogen-bond acceptors (Lipinski definition) is 6. The first-order valence-corrected chi connectivity index (χ1v) is 7.87. The van der Waals surface area contributed by atoms with Gasteiger partial charge in [0.15, 0.2) is 5.11 Å². The number of thiocarbonyl (C=S) groups is 1. The Balaban J connectivity index is 1.67. The molecule has 128 valence electrons. The molecule has 0 aliphatic carbocycles. The second-order valence-electron chi connectivity index (χ2n) is 4.87. The third kappa shape index (κ3) is 4.92. The van der Waals surface area contributed by atoms with Gasteiger partial charge >= 0.3 is 0 Å². The van der Waals surface area contributed by atoms with Crippen LogP contribution >= 0.6 is 12.2 Å². The quantitative estimate of drug-likeness (QED) is 0.651. The van der Waals surface area contributed by atoms with E-state index in [2.05, 4.69) is 20.6 Å². The van der Waals surface area contributed by atoms with Gasteiger partial charge in [-0.1, -0.05) is 18.2 Å². The van der Waals surface area contributed by atoms with Crippen molar-refractivity contribution in [1.82, 2.24) is 15.3 Å². The summed E-state index contributed by atoms with van der Waals surface area (Å²) >= 11 is 5.24. The Morgan fingerprint density at radius 1 is 1.12 bits per heavy atom. The summed E-state index contributed by atoms with van der Waals surface area (Å²) in [5.74, 6) is 2.39. The number of methoxy groups -OCH3 is 1. The highest BCUT2D eigenvalue weighted by Crippen LogP contribution is 2.23. The topological polar surface area (TPSA) is 81.4 Å². The minimum atomic E-state index is 0.266. The molecule has 0 saturated carbocycles. The van der Waals surface area contributed by atoms with Crippen molar-refractivity contribution in [3.05, 3.63) is 60.6 Å². The molecular formula is C17H16N4O3S. The Morgan fingerprint density at radius 2 is 1.92 bits per heavy atom. The summed E-state index contributed by atoms with van der Waals surface area (Å²) in [6, 6.07) is 14.6. The van der Waals surface area contributed by atoms with E-state index in [1.807, 2.05) is 42.5 Å². The number of furan rings is 1. The van der Waals surface area contributed by atoms with Gasteiger partial charge in [-0.15, -0.1) is 0 Å². The molecular weight excluding hydrogens is 340 g/mol. The summed E-state index contributed by atoms with van der Waals surface area (Å²) < 4.78 is 16.1. The van der Waals surface area contributed by atoms with Crippen LogP contribution in [0, 0.1) is 0 Å². The molecule has 3 rings (SSSR count). The summed E-state index contributed by atoms with van der Waals surface area (Å²) in [6.45, 7) is 0.455. The first-order valence-electron chi connectivity index (χ1n) is 7.46. The second-order valence-corrected chi connectivity index (χ2v) is 5.28. The van der Waals surface area contributed by atoms with Crippen LogP contribution in [0.15, 0.2) is 59.2 Å². The van der Waals surface area contributed by atoms with Crippen molar-refractivity contribution in [3.63, 3.8) is 0 Å². The zero-order valence-corrected chi connectivity index (χ0v) is 14.2. The molecule has 0 unspecified atom stereocenters. The van der Waals surface area contributed by atoms with Crippen molar-refractivity contribution >= 4 is 23.3 Å². The molecule has 0 amide bonds. The number of nitrogens with zero attached hydrogens (tertiary/aromatic N) is 2. The van der Waals surface area contributed by atoms with Gasteiger partial charge in [0.05, 0.1) is 26.0 Å². The van der Waals surface area contributed by atoms with Crippen molar-refractivity contribution in [2.75, 3.05) is 12.4 Å². The van der Waals surface area contributed by atoms with E-state index in [1.54, 1.807) is 12.3 Å². The van der Waals surface area contributed by atoms with Gasteiger partial charge in [-0.25, -0.2) is 0 Å². The molecule has 0 fully saturated rings. The van der Waals surface area contributed by atoms with E-state index in [9.17, 15) is 0 Å². The van der Waals surface area contributed by atoms with Gasteiger partial charge in [0.1, 0.15) is 11.5 Å². The Morgan fingerprint density at radius 3 is 2.64 bits per heavy atom. The van der Waals surface area contributed by atoms with Gasteiger partial charge in [0.2, 0.25) is 17.7 Å². The van der Waals surface area contributed by atoms with Crippen molar-refractivity contribution in [3.8, 4) is 17.5 Å². The number of aromatic nitrogens is 2. The molecule has 3 aromatic rings. The maximum absolute atomic E-state index is 5.71. The minimum absolute atomic E-state index is 0.266. The van der Waals surface area contributed by atoms with E-state index in [0.29, 0.717) is 29.2 Å². The third-order valence-corrected chi connectivity index (χ3v) is 3.33. The molecule has 0 aliphatic heterocycles. The van der Waals surface area contributed by atoms with E-state index in [-0.39, 0.29) is 5.95 Å². The Hall–Kier alpha value is -3.13. The van der Waals surface area contributed by atoms with E-state index >= 15 is 0 Å². The first kappa shape index (κ1) is 16.7. The zero-order chi connectivity index (χ0) is 17.5. The predicted molar refractivity (Wildman–Crippen MR) is 96.9 cm³/mol. The number of nitrogens with one attached hydrogen (secondary N) is 2. The number of hydrogen-bond donors (Lipinski definition) is 2. The minimum Gasteiger partial charge on any atom is -0.481 e. The van der Waals surface area contributed by atoms with Gasteiger partial charge in [-0.2, -0.15) is 9.97 Å². The van der Waals surface area contributed by atoms with Crippen LogP contribution < -0.4 is 20.1 Å². The zero-order valence-electron chi connectivity index (χ0n) is 13.4. The Labute approximate surface area is 150 Å². The van der Waals surface area contributed by atoms with Gasteiger partial charge in [0, 0.05) is 0 Å². The fourth-order valence-corrected chi connectivity index (χ4v) is 2.12. The molecule has 25 heavy (non-hydrogen) atoms. The van der Waals surface area contributed by atoms with Crippen LogP contribution in [0.5, 0.6) is 17.5 Å². The molecule has 0 radical (unpaired) electrons.